The molecule has 1 aliphatic carbocycles. The van der Waals surface area contributed by atoms with Gasteiger partial charge >= 0.3 is 0 Å². The minimum atomic E-state index is 0. The topological polar surface area (TPSA) is 72.4 Å². The first-order valence-corrected chi connectivity index (χ1v) is 8.50. The maximum absolute atomic E-state index is 12.4. The van der Waals surface area contributed by atoms with E-state index in [0.717, 1.165) is 28.8 Å². The van der Waals surface area contributed by atoms with E-state index in [9.17, 15) is 4.79 Å². The minimum absolute atomic E-state index is 0. The zero-order valence-electron chi connectivity index (χ0n) is 12.6. The Morgan fingerprint density at radius 1 is 1.30 bits per heavy atom. The van der Waals surface area contributed by atoms with Crippen molar-refractivity contribution in [1.29, 1.82) is 0 Å². The quantitative estimate of drug-likeness (QED) is 0.693. The summed E-state index contributed by atoms with van der Waals surface area (Å²) in [6, 6.07) is 5.97. The van der Waals surface area contributed by atoms with E-state index in [0.29, 0.717) is 16.6 Å². The Hall–Kier alpha value is -1.79. The van der Waals surface area contributed by atoms with Gasteiger partial charge in [0.25, 0.3) is 5.91 Å². The number of fused-ring (bicyclic) bond motifs is 3. The van der Waals surface area contributed by atoms with Gasteiger partial charge in [-0.1, -0.05) is 30.6 Å². The van der Waals surface area contributed by atoms with Crippen LogP contribution in [0.1, 0.15) is 41.8 Å². The molecule has 0 unspecified atom stereocenters. The van der Waals surface area contributed by atoms with Gasteiger partial charge in [-0.15, -0.1) is 12.4 Å². The number of benzene rings is 1. The molecule has 1 aromatic carbocycles. The molecular formula is C16H19ClN4OS. The van der Waals surface area contributed by atoms with Gasteiger partial charge in [-0.3, -0.25) is 9.20 Å². The molecule has 0 bridgehead atoms. The normalized spacial score (nSPS) is 15.7. The van der Waals surface area contributed by atoms with E-state index in [1.807, 2.05) is 28.8 Å². The van der Waals surface area contributed by atoms with Gasteiger partial charge in [0, 0.05) is 17.9 Å². The molecule has 2 heterocycles. The molecule has 1 fully saturated rings. The number of thiazole rings is 1. The van der Waals surface area contributed by atoms with E-state index in [4.69, 9.17) is 5.73 Å². The Labute approximate surface area is 144 Å². The molecule has 0 atom stereocenters. The van der Waals surface area contributed by atoms with E-state index in [1.54, 1.807) is 0 Å². The van der Waals surface area contributed by atoms with Gasteiger partial charge in [-0.25, -0.2) is 4.98 Å². The first-order valence-electron chi connectivity index (χ1n) is 7.69. The first-order chi connectivity index (χ1) is 10.7. The molecule has 0 saturated heterocycles. The summed E-state index contributed by atoms with van der Waals surface area (Å²) in [7, 11) is 0. The summed E-state index contributed by atoms with van der Waals surface area (Å²) >= 11 is 1.42. The largest absolute Gasteiger partial charge is 0.399 e. The standard InChI is InChI=1S/C16H18N4OS.ClH/c17-10-6-7-12-13(8-10)20-9-14(22-16(20)19-12)15(21)18-11-4-2-1-3-5-11;/h6-9,11H,1-5,17H2,(H,18,21);1H. The number of nitrogen functional groups attached to an aromatic ring is 1. The number of carbonyl (C=O) groups excluding carboxylic acids is 1. The van der Waals surface area contributed by atoms with Crippen molar-refractivity contribution in [3.05, 3.63) is 29.3 Å². The van der Waals surface area contributed by atoms with E-state index < -0.39 is 0 Å². The smallest absolute Gasteiger partial charge is 0.263 e. The fraction of sp³-hybridized carbons (Fsp3) is 0.375. The lowest BCUT2D eigenvalue weighted by Crippen LogP contribution is -2.35. The maximum Gasteiger partial charge on any atom is 0.263 e. The summed E-state index contributed by atoms with van der Waals surface area (Å²) in [5.41, 5.74) is 8.40. The first kappa shape index (κ1) is 16.1. The summed E-state index contributed by atoms with van der Waals surface area (Å²) in [5, 5.41) is 3.15. The van der Waals surface area contributed by atoms with Crippen molar-refractivity contribution in [3.8, 4) is 0 Å². The predicted molar refractivity (Wildman–Crippen MR) is 96.6 cm³/mol. The maximum atomic E-state index is 12.4. The molecule has 1 aliphatic rings. The molecule has 7 heteroatoms. The molecule has 1 amide bonds. The van der Waals surface area contributed by atoms with Crippen molar-refractivity contribution in [3.63, 3.8) is 0 Å². The monoisotopic (exact) mass is 350 g/mol. The number of carbonyl (C=O) groups is 1. The van der Waals surface area contributed by atoms with Crippen LogP contribution in [0.15, 0.2) is 24.4 Å². The number of nitrogens with one attached hydrogen (secondary N) is 1. The number of imidazole rings is 1. The van der Waals surface area contributed by atoms with Crippen LogP contribution in [-0.4, -0.2) is 21.3 Å². The number of aromatic nitrogens is 2. The molecule has 4 rings (SSSR count). The third-order valence-electron chi connectivity index (χ3n) is 4.29. The van der Waals surface area contributed by atoms with Gasteiger partial charge in [0.2, 0.25) is 0 Å². The summed E-state index contributed by atoms with van der Waals surface area (Å²) in [6.45, 7) is 0. The highest BCUT2D eigenvalue weighted by molar-refractivity contribution is 7.19. The minimum Gasteiger partial charge on any atom is -0.399 e. The molecule has 3 aromatic rings. The zero-order chi connectivity index (χ0) is 15.1. The molecule has 0 radical (unpaired) electrons. The molecule has 5 nitrogen and oxygen atoms in total. The van der Waals surface area contributed by atoms with E-state index in [1.165, 1.54) is 30.6 Å². The van der Waals surface area contributed by atoms with Crippen molar-refractivity contribution in [2.45, 2.75) is 38.1 Å². The lowest BCUT2D eigenvalue weighted by atomic mass is 9.95. The Balaban J connectivity index is 0.00000156. The summed E-state index contributed by atoms with van der Waals surface area (Å²) in [4.78, 5) is 18.5. The Morgan fingerprint density at radius 3 is 2.87 bits per heavy atom. The average Bonchev–Trinajstić information content (AvgIpc) is 3.06. The molecule has 0 aliphatic heterocycles. The van der Waals surface area contributed by atoms with Crippen LogP contribution < -0.4 is 11.1 Å². The molecule has 122 valence electrons. The fourth-order valence-corrected chi connectivity index (χ4v) is 4.03. The zero-order valence-corrected chi connectivity index (χ0v) is 14.3. The van der Waals surface area contributed by atoms with Crippen LogP contribution in [0.4, 0.5) is 5.69 Å². The van der Waals surface area contributed by atoms with Gasteiger partial charge in [0.05, 0.1) is 11.0 Å². The molecule has 1 saturated carbocycles. The summed E-state index contributed by atoms with van der Waals surface area (Å²) in [5.74, 6) is 0.0134. The number of halogens is 1. The molecule has 0 spiro atoms. The van der Waals surface area contributed by atoms with E-state index in [-0.39, 0.29) is 18.3 Å². The van der Waals surface area contributed by atoms with Crippen LogP contribution in [0, 0.1) is 0 Å². The summed E-state index contributed by atoms with van der Waals surface area (Å²) < 4.78 is 1.95. The second kappa shape index (κ2) is 6.37. The Bertz CT molecular complexity index is 850. The van der Waals surface area contributed by atoms with Crippen molar-refractivity contribution < 1.29 is 4.79 Å². The Kier molecular flexibility index (Phi) is 4.46. The predicted octanol–water partition coefficient (Wildman–Crippen LogP) is 3.62. The van der Waals surface area contributed by atoms with Crippen LogP contribution in [-0.2, 0) is 0 Å². The van der Waals surface area contributed by atoms with Crippen LogP contribution in [0.25, 0.3) is 16.0 Å². The van der Waals surface area contributed by atoms with Crippen LogP contribution in [0.5, 0.6) is 0 Å². The number of anilines is 1. The molecule has 3 N–H and O–H groups in total. The highest BCUT2D eigenvalue weighted by Gasteiger charge is 2.19. The van der Waals surface area contributed by atoms with Crippen LogP contribution in [0.3, 0.4) is 0 Å². The highest BCUT2D eigenvalue weighted by Crippen LogP contribution is 2.26. The summed E-state index contributed by atoms with van der Waals surface area (Å²) in [6.07, 6.45) is 7.76. The third-order valence-corrected chi connectivity index (χ3v) is 5.27. The second-order valence-corrected chi connectivity index (χ2v) is 6.93. The number of hydrogen-bond acceptors (Lipinski definition) is 4. The van der Waals surface area contributed by atoms with Crippen molar-refractivity contribution in [2.75, 3.05) is 5.73 Å². The number of amides is 1. The highest BCUT2D eigenvalue weighted by atomic mass is 35.5. The van der Waals surface area contributed by atoms with Crippen LogP contribution in [0.2, 0.25) is 0 Å². The van der Waals surface area contributed by atoms with Gasteiger partial charge in [-0.2, -0.15) is 0 Å². The van der Waals surface area contributed by atoms with Gasteiger partial charge < -0.3 is 11.1 Å². The van der Waals surface area contributed by atoms with Crippen molar-refractivity contribution in [1.82, 2.24) is 14.7 Å². The lowest BCUT2D eigenvalue weighted by Gasteiger charge is -2.22. The molecule has 2 aromatic heterocycles. The van der Waals surface area contributed by atoms with E-state index in [2.05, 4.69) is 10.3 Å². The van der Waals surface area contributed by atoms with Crippen LogP contribution >= 0.6 is 23.7 Å². The lowest BCUT2D eigenvalue weighted by molar-refractivity contribution is 0.0931. The number of nitrogens with zero attached hydrogens (tertiary/aromatic N) is 2. The number of hydrogen-bond donors (Lipinski definition) is 2. The second-order valence-electron chi connectivity index (χ2n) is 5.92. The van der Waals surface area contributed by atoms with Gasteiger partial charge in [0.15, 0.2) is 4.96 Å². The van der Waals surface area contributed by atoms with Gasteiger partial charge in [0.1, 0.15) is 4.88 Å². The third kappa shape index (κ3) is 3.01. The molecule has 23 heavy (non-hydrogen) atoms. The van der Waals surface area contributed by atoms with Crippen molar-refractivity contribution >= 4 is 51.3 Å². The molecular weight excluding hydrogens is 332 g/mol. The SMILES string of the molecule is Cl.Nc1ccc2nc3sc(C(=O)NC4CCCCC4)cn3c2c1. The Morgan fingerprint density at radius 2 is 2.09 bits per heavy atom. The fourth-order valence-electron chi connectivity index (χ4n) is 3.14. The average molecular weight is 351 g/mol. The van der Waals surface area contributed by atoms with Crippen molar-refractivity contribution in [2.24, 2.45) is 0 Å². The number of nitrogens with two attached hydrogens (primary N) is 1. The number of rotatable bonds is 2. The van der Waals surface area contributed by atoms with Gasteiger partial charge in [-0.05, 0) is 31.0 Å². The van der Waals surface area contributed by atoms with E-state index >= 15 is 0 Å².